The van der Waals surface area contributed by atoms with Crippen LogP contribution in [0.3, 0.4) is 0 Å². The van der Waals surface area contributed by atoms with Crippen LogP contribution in [0, 0.1) is 23.7 Å². The van der Waals surface area contributed by atoms with Gasteiger partial charge in [0.15, 0.2) is 0 Å². The van der Waals surface area contributed by atoms with Gasteiger partial charge in [0.1, 0.15) is 11.0 Å². The monoisotopic (exact) mass is 582 g/mol. The van der Waals surface area contributed by atoms with Crippen molar-refractivity contribution in [2.45, 2.75) is 79.5 Å². The standard InChI is InChI=1S/C29H50N4O6S/c1-17(2)10-24(26(35)11-20(7)27(36)30-15-18(3)4)31-28(37)21-12-22(14-23(13-21)33(8)40(9)39)29(38)32-25(16-34)19(5)6/h12-14,17-20,24-26,34-35H,10-11,15-16H2,1-9H3,(H,30,36)(H,31,37)(H,32,38)/t20-,24+,25-,26?,40?/m1/s1. The summed E-state index contributed by atoms with van der Waals surface area (Å²) >= 11 is 0. The number of carbonyl (C=O) groups excluding carboxylic acids is 3. The molecule has 0 radical (unpaired) electrons. The summed E-state index contributed by atoms with van der Waals surface area (Å²) in [5, 5.41) is 29.3. The van der Waals surface area contributed by atoms with E-state index in [4.69, 9.17) is 0 Å². The molecule has 0 aliphatic heterocycles. The predicted octanol–water partition coefficient (Wildman–Crippen LogP) is 2.47. The van der Waals surface area contributed by atoms with Gasteiger partial charge in [-0.1, -0.05) is 48.5 Å². The molecule has 1 aromatic rings. The molecule has 5 N–H and O–H groups in total. The number of aliphatic hydroxyl groups is 2. The summed E-state index contributed by atoms with van der Waals surface area (Å²) in [6, 6.07) is 3.42. The van der Waals surface area contributed by atoms with Gasteiger partial charge >= 0.3 is 0 Å². The molecule has 11 heteroatoms. The van der Waals surface area contributed by atoms with Crippen LogP contribution in [-0.4, -0.2) is 76.8 Å². The molecule has 3 amide bonds. The first-order valence-corrected chi connectivity index (χ1v) is 15.5. The van der Waals surface area contributed by atoms with Crippen LogP contribution < -0.4 is 20.3 Å². The lowest BCUT2D eigenvalue weighted by Crippen LogP contribution is -2.46. The van der Waals surface area contributed by atoms with E-state index in [1.807, 2.05) is 41.5 Å². The maximum absolute atomic E-state index is 13.5. The zero-order chi connectivity index (χ0) is 30.7. The van der Waals surface area contributed by atoms with Crippen molar-refractivity contribution in [3.8, 4) is 0 Å². The molecule has 0 saturated heterocycles. The van der Waals surface area contributed by atoms with Crippen LogP contribution in [0.15, 0.2) is 18.2 Å². The zero-order valence-corrected chi connectivity index (χ0v) is 26.3. The number of nitrogens with zero attached hydrogens (tertiary/aromatic N) is 1. The third kappa shape index (κ3) is 11.5. The molecule has 40 heavy (non-hydrogen) atoms. The quantitative estimate of drug-likeness (QED) is 0.202. The fourth-order valence-corrected chi connectivity index (χ4v) is 4.47. The van der Waals surface area contributed by atoms with Gasteiger partial charge in [0.25, 0.3) is 11.8 Å². The Hall–Kier alpha value is -2.50. The number of anilines is 1. The van der Waals surface area contributed by atoms with Gasteiger partial charge in [-0.2, -0.15) is 0 Å². The molecule has 0 bridgehead atoms. The second kappa shape index (κ2) is 16.7. The third-order valence-electron chi connectivity index (χ3n) is 6.74. The lowest BCUT2D eigenvalue weighted by atomic mass is 9.92. The minimum Gasteiger partial charge on any atom is -0.394 e. The minimum absolute atomic E-state index is 0.0150. The molecule has 1 rings (SSSR count). The van der Waals surface area contributed by atoms with E-state index in [-0.39, 0.29) is 41.9 Å². The number of amides is 3. The molecule has 5 atom stereocenters. The summed E-state index contributed by atoms with van der Waals surface area (Å²) in [7, 11) is 0.180. The van der Waals surface area contributed by atoms with Crippen molar-refractivity contribution in [2.24, 2.45) is 23.7 Å². The van der Waals surface area contributed by atoms with Crippen LogP contribution >= 0.6 is 0 Å². The first kappa shape index (κ1) is 35.5. The van der Waals surface area contributed by atoms with Gasteiger partial charge < -0.3 is 26.2 Å². The molecule has 0 fully saturated rings. The summed E-state index contributed by atoms with van der Waals surface area (Å²) in [5.41, 5.74) is 0.740. The van der Waals surface area contributed by atoms with E-state index in [0.29, 0.717) is 24.6 Å². The highest BCUT2D eigenvalue weighted by molar-refractivity contribution is 7.85. The van der Waals surface area contributed by atoms with Crippen LogP contribution in [0.4, 0.5) is 5.69 Å². The normalized spacial score (nSPS) is 15.3. The SMILES string of the molecule is CC(C)CNC(=O)[C@H](C)CC(O)[C@H](CC(C)C)NC(=O)c1cc(C(=O)N[C@H](CO)C(C)C)cc(N(C)S(C)=O)c1. The highest BCUT2D eigenvalue weighted by Gasteiger charge is 2.28. The number of hydrogen-bond donors (Lipinski definition) is 5. The van der Waals surface area contributed by atoms with E-state index in [1.54, 1.807) is 26.1 Å². The van der Waals surface area contributed by atoms with E-state index in [1.165, 1.54) is 16.6 Å². The average molecular weight is 583 g/mol. The van der Waals surface area contributed by atoms with Crippen molar-refractivity contribution in [1.29, 1.82) is 0 Å². The van der Waals surface area contributed by atoms with Gasteiger partial charge in [0.2, 0.25) is 5.91 Å². The van der Waals surface area contributed by atoms with Crippen LogP contribution in [0.1, 0.15) is 82.0 Å². The van der Waals surface area contributed by atoms with E-state index in [0.717, 1.165) is 0 Å². The molecule has 10 nitrogen and oxygen atoms in total. The van der Waals surface area contributed by atoms with Crippen LogP contribution in [-0.2, 0) is 15.8 Å². The van der Waals surface area contributed by atoms with Gasteiger partial charge in [-0.05, 0) is 48.8 Å². The molecule has 0 aliphatic carbocycles. The average Bonchev–Trinajstić information content (AvgIpc) is 2.88. The van der Waals surface area contributed by atoms with Gasteiger partial charge in [0.05, 0.1) is 30.5 Å². The van der Waals surface area contributed by atoms with E-state index in [2.05, 4.69) is 16.0 Å². The lowest BCUT2D eigenvalue weighted by Gasteiger charge is -2.28. The van der Waals surface area contributed by atoms with E-state index < -0.39 is 46.9 Å². The predicted molar refractivity (Wildman–Crippen MR) is 160 cm³/mol. The Morgan fingerprint density at radius 3 is 1.82 bits per heavy atom. The molecule has 0 aliphatic rings. The fourth-order valence-electron chi connectivity index (χ4n) is 4.06. The van der Waals surface area contributed by atoms with Crippen LogP contribution in [0.5, 0.6) is 0 Å². The Kier molecular flexibility index (Phi) is 14.8. The van der Waals surface area contributed by atoms with Crippen LogP contribution in [0.2, 0.25) is 0 Å². The summed E-state index contributed by atoms with van der Waals surface area (Å²) < 4.78 is 13.6. The Labute approximate surface area is 242 Å². The molecule has 0 heterocycles. The molecular weight excluding hydrogens is 532 g/mol. The Morgan fingerprint density at radius 1 is 0.875 bits per heavy atom. The maximum Gasteiger partial charge on any atom is 0.251 e. The van der Waals surface area contributed by atoms with Crippen molar-refractivity contribution in [1.82, 2.24) is 16.0 Å². The first-order valence-electron chi connectivity index (χ1n) is 14.0. The number of rotatable bonds is 16. The molecule has 1 aromatic carbocycles. The third-order valence-corrected chi connectivity index (χ3v) is 7.72. The summed E-state index contributed by atoms with van der Waals surface area (Å²) in [6.45, 7) is 13.8. The first-order chi connectivity index (χ1) is 18.6. The topological polar surface area (TPSA) is 148 Å². The Morgan fingerprint density at radius 2 is 1.40 bits per heavy atom. The van der Waals surface area contributed by atoms with Gasteiger partial charge in [-0.25, -0.2) is 4.21 Å². The maximum atomic E-state index is 13.5. The van der Waals surface area contributed by atoms with Crippen LogP contribution in [0.25, 0.3) is 0 Å². The highest BCUT2D eigenvalue weighted by Crippen LogP contribution is 2.22. The molecule has 0 saturated carbocycles. The van der Waals surface area contributed by atoms with E-state index >= 15 is 0 Å². The van der Waals surface area contributed by atoms with E-state index in [9.17, 15) is 28.8 Å². The molecule has 0 spiro atoms. The largest absolute Gasteiger partial charge is 0.394 e. The number of aliphatic hydroxyl groups excluding tert-OH is 2. The Balaban J connectivity index is 3.27. The number of nitrogens with one attached hydrogen (secondary N) is 3. The summed E-state index contributed by atoms with van der Waals surface area (Å²) in [4.78, 5) is 39.0. The molecule has 228 valence electrons. The van der Waals surface area contributed by atoms with Crippen molar-refractivity contribution in [3.05, 3.63) is 29.3 Å². The Bertz CT molecular complexity index is 1020. The van der Waals surface area contributed by atoms with Crippen molar-refractivity contribution in [3.63, 3.8) is 0 Å². The van der Waals surface area contributed by atoms with Gasteiger partial charge in [-0.15, -0.1) is 0 Å². The molecule has 2 unspecified atom stereocenters. The molecular formula is C29H50N4O6S. The second-order valence-electron chi connectivity index (χ2n) is 11.7. The number of carbonyl (C=O) groups is 3. The van der Waals surface area contributed by atoms with Gasteiger partial charge in [-0.3, -0.25) is 18.7 Å². The second-order valence-corrected chi connectivity index (χ2v) is 13.1. The fraction of sp³-hybridized carbons (Fsp3) is 0.690. The van der Waals surface area contributed by atoms with Crippen molar-refractivity contribution >= 4 is 34.4 Å². The number of benzene rings is 1. The minimum atomic E-state index is -1.41. The lowest BCUT2D eigenvalue weighted by molar-refractivity contribution is -0.125. The highest BCUT2D eigenvalue weighted by atomic mass is 32.2. The smallest absolute Gasteiger partial charge is 0.251 e. The number of hydrogen-bond acceptors (Lipinski definition) is 6. The van der Waals surface area contributed by atoms with Crippen molar-refractivity contribution in [2.75, 3.05) is 30.8 Å². The van der Waals surface area contributed by atoms with Crippen molar-refractivity contribution < 1.29 is 28.8 Å². The zero-order valence-electron chi connectivity index (χ0n) is 25.5. The summed E-state index contributed by atoms with van der Waals surface area (Å²) in [6.07, 6.45) is 1.16. The molecule has 0 aromatic heterocycles. The van der Waals surface area contributed by atoms with Gasteiger partial charge in [0, 0.05) is 36.9 Å². The summed E-state index contributed by atoms with van der Waals surface area (Å²) in [5.74, 6) is -1.14.